The van der Waals surface area contributed by atoms with Crippen LogP contribution in [0.5, 0.6) is 0 Å². The van der Waals surface area contributed by atoms with E-state index in [9.17, 15) is 0 Å². The second kappa shape index (κ2) is 7.77. The molecule has 0 spiro atoms. The summed E-state index contributed by atoms with van der Waals surface area (Å²) in [5.74, 6) is 0.689. The summed E-state index contributed by atoms with van der Waals surface area (Å²) < 4.78 is 0. The normalized spacial score (nSPS) is 12.1. The van der Waals surface area contributed by atoms with Crippen LogP contribution in [0.25, 0.3) is 0 Å². The van der Waals surface area contributed by atoms with Crippen LogP contribution >= 0.6 is 0 Å². The molecule has 0 aliphatic carbocycles. The summed E-state index contributed by atoms with van der Waals surface area (Å²) in [5.41, 5.74) is 4.55. The second-order valence-corrected chi connectivity index (χ2v) is 6.25. The quantitative estimate of drug-likeness (QED) is 0.844. The molecule has 2 heteroatoms. The second-order valence-electron chi connectivity index (χ2n) is 6.25. The molecule has 2 aromatic carbocycles. The Kier molecular flexibility index (Phi) is 5.75. The van der Waals surface area contributed by atoms with E-state index in [1.165, 1.54) is 11.1 Å². The molecule has 2 rings (SSSR count). The number of hydrogen-bond donors (Lipinski definition) is 1. The minimum absolute atomic E-state index is 0.291. The Labute approximate surface area is 133 Å². The first-order valence-electron chi connectivity index (χ1n) is 7.89. The Bertz CT molecular complexity index is 636. The van der Waals surface area contributed by atoms with Gasteiger partial charge in [0.1, 0.15) is 0 Å². The number of nitriles is 1. The number of benzene rings is 2. The van der Waals surface area contributed by atoms with Crippen LogP contribution < -0.4 is 5.32 Å². The minimum Gasteiger partial charge on any atom is -0.306 e. The summed E-state index contributed by atoms with van der Waals surface area (Å²) >= 11 is 0. The number of nitrogens with zero attached hydrogens (tertiary/aromatic N) is 1. The van der Waals surface area contributed by atoms with E-state index < -0.39 is 0 Å². The van der Waals surface area contributed by atoms with Crippen molar-refractivity contribution in [2.45, 2.75) is 39.8 Å². The first-order chi connectivity index (χ1) is 10.6. The van der Waals surface area contributed by atoms with E-state index >= 15 is 0 Å². The van der Waals surface area contributed by atoms with Gasteiger partial charge in [0.05, 0.1) is 11.6 Å². The Hall–Kier alpha value is -2.11. The first kappa shape index (κ1) is 16.3. The maximum Gasteiger partial charge on any atom is 0.0991 e. The Morgan fingerprint density at radius 3 is 2.36 bits per heavy atom. The largest absolute Gasteiger partial charge is 0.306 e. The van der Waals surface area contributed by atoms with Crippen LogP contribution in [-0.2, 0) is 13.0 Å². The van der Waals surface area contributed by atoms with E-state index in [4.69, 9.17) is 5.26 Å². The summed E-state index contributed by atoms with van der Waals surface area (Å²) in [4.78, 5) is 0. The first-order valence-corrected chi connectivity index (χ1v) is 7.89. The van der Waals surface area contributed by atoms with Gasteiger partial charge in [-0.15, -0.1) is 0 Å². The molecule has 114 valence electrons. The smallest absolute Gasteiger partial charge is 0.0991 e. The van der Waals surface area contributed by atoms with Crippen LogP contribution in [0.4, 0.5) is 0 Å². The van der Waals surface area contributed by atoms with Crippen LogP contribution in [0.15, 0.2) is 48.5 Å². The fourth-order valence-electron chi connectivity index (χ4n) is 2.55. The number of nitrogens with one attached hydrogen (secondary N) is 1. The molecular formula is C20H24N2. The lowest BCUT2D eigenvalue weighted by atomic mass is 10.00. The van der Waals surface area contributed by atoms with Crippen molar-refractivity contribution in [1.82, 2.24) is 5.32 Å². The van der Waals surface area contributed by atoms with Gasteiger partial charge in [-0.1, -0.05) is 50.2 Å². The van der Waals surface area contributed by atoms with Gasteiger partial charge < -0.3 is 5.32 Å². The molecule has 0 bridgehead atoms. The van der Waals surface area contributed by atoms with Crippen molar-refractivity contribution >= 4 is 0 Å². The standard InChI is InChI=1S/C20H24N2/c1-15(2)11-17-7-9-20(10-8-17)16(3)22-14-19-6-4-5-18(12-19)13-21/h4-10,12,15-16,22H,11,14H2,1-3H3. The van der Waals surface area contributed by atoms with Gasteiger partial charge in [0.25, 0.3) is 0 Å². The SMILES string of the molecule is CC(C)Cc1ccc(C(C)NCc2cccc(C#N)c2)cc1. The lowest BCUT2D eigenvalue weighted by Gasteiger charge is -2.15. The highest BCUT2D eigenvalue weighted by Gasteiger charge is 2.06. The zero-order valence-electron chi connectivity index (χ0n) is 13.6. The topological polar surface area (TPSA) is 35.8 Å². The van der Waals surface area contributed by atoms with Gasteiger partial charge in [-0.3, -0.25) is 0 Å². The third-order valence-corrected chi connectivity index (χ3v) is 3.79. The Balaban J connectivity index is 1.94. The van der Waals surface area contributed by atoms with Gasteiger partial charge >= 0.3 is 0 Å². The number of hydrogen-bond acceptors (Lipinski definition) is 2. The molecule has 1 unspecified atom stereocenters. The summed E-state index contributed by atoms with van der Waals surface area (Å²) in [7, 11) is 0. The molecule has 0 aromatic heterocycles. The average molecular weight is 292 g/mol. The van der Waals surface area contributed by atoms with Gasteiger partial charge in [-0.2, -0.15) is 5.26 Å². The molecule has 22 heavy (non-hydrogen) atoms. The zero-order valence-corrected chi connectivity index (χ0v) is 13.6. The monoisotopic (exact) mass is 292 g/mol. The van der Waals surface area contributed by atoms with E-state index in [-0.39, 0.29) is 0 Å². The average Bonchev–Trinajstić information content (AvgIpc) is 2.53. The maximum atomic E-state index is 8.94. The van der Waals surface area contributed by atoms with E-state index in [0.29, 0.717) is 17.5 Å². The maximum absolute atomic E-state index is 8.94. The zero-order chi connectivity index (χ0) is 15.9. The van der Waals surface area contributed by atoms with E-state index in [0.717, 1.165) is 18.5 Å². The van der Waals surface area contributed by atoms with Crippen LogP contribution in [0.3, 0.4) is 0 Å². The highest BCUT2D eigenvalue weighted by molar-refractivity contribution is 5.33. The molecule has 2 nitrogen and oxygen atoms in total. The fourth-order valence-corrected chi connectivity index (χ4v) is 2.55. The predicted molar refractivity (Wildman–Crippen MR) is 91.4 cm³/mol. The summed E-state index contributed by atoms with van der Waals surface area (Å²) in [6, 6.07) is 19.1. The summed E-state index contributed by atoms with van der Waals surface area (Å²) in [6.07, 6.45) is 1.13. The van der Waals surface area contributed by atoms with Gasteiger partial charge in [0.15, 0.2) is 0 Å². The molecule has 0 heterocycles. The molecule has 1 atom stereocenters. The van der Waals surface area contributed by atoms with Crippen molar-refractivity contribution in [2.24, 2.45) is 5.92 Å². The Morgan fingerprint density at radius 2 is 1.73 bits per heavy atom. The molecule has 0 saturated heterocycles. The van der Waals surface area contributed by atoms with E-state index in [2.05, 4.69) is 56.4 Å². The van der Waals surface area contributed by atoms with Crippen LogP contribution in [0.1, 0.15) is 49.1 Å². The molecule has 2 aromatic rings. The lowest BCUT2D eigenvalue weighted by Crippen LogP contribution is -2.18. The van der Waals surface area contributed by atoms with Crippen molar-refractivity contribution in [3.63, 3.8) is 0 Å². The molecule has 1 N–H and O–H groups in total. The lowest BCUT2D eigenvalue weighted by molar-refractivity contribution is 0.574. The molecule has 0 saturated carbocycles. The van der Waals surface area contributed by atoms with E-state index in [1.54, 1.807) is 0 Å². The predicted octanol–water partition coefficient (Wildman–Crippen LogP) is 4.61. The molecular weight excluding hydrogens is 268 g/mol. The molecule has 0 aliphatic rings. The Morgan fingerprint density at radius 1 is 1.00 bits per heavy atom. The third-order valence-electron chi connectivity index (χ3n) is 3.79. The summed E-state index contributed by atoms with van der Waals surface area (Å²) in [5, 5.41) is 12.5. The van der Waals surface area contributed by atoms with Crippen molar-refractivity contribution < 1.29 is 0 Å². The van der Waals surface area contributed by atoms with E-state index in [1.807, 2.05) is 24.3 Å². The molecule has 0 amide bonds. The third kappa shape index (κ3) is 4.72. The molecule has 0 radical (unpaired) electrons. The van der Waals surface area contributed by atoms with Crippen molar-refractivity contribution in [2.75, 3.05) is 0 Å². The highest BCUT2D eigenvalue weighted by atomic mass is 14.9. The number of rotatable bonds is 6. The molecule has 0 fully saturated rings. The van der Waals surface area contributed by atoms with Crippen LogP contribution in [-0.4, -0.2) is 0 Å². The highest BCUT2D eigenvalue weighted by Crippen LogP contribution is 2.16. The summed E-state index contributed by atoms with van der Waals surface area (Å²) in [6.45, 7) is 7.43. The van der Waals surface area contributed by atoms with Crippen molar-refractivity contribution in [3.8, 4) is 6.07 Å². The fraction of sp³-hybridized carbons (Fsp3) is 0.350. The van der Waals surface area contributed by atoms with Gasteiger partial charge in [0.2, 0.25) is 0 Å². The van der Waals surface area contributed by atoms with Crippen LogP contribution in [0.2, 0.25) is 0 Å². The minimum atomic E-state index is 0.291. The van der Waals surface area contributed by atoms with Gasteiger partial charge in [-0.05, 0) is 48.1 Å². The van der Waals surface area contributed by atoms with Gasteiger partial charge in [-0.25, -0.2) is 0 Å². The van der Waals surface area contributed by atoms with Crippen molar-refractivity contribution in [3.05, 3.63) is 70.8 Å². The van der Waals surface area contributed by atoms with Crippen LogP contribution in [0, 0.1) is 17.2 Å². The molecule has 0 aliphatic heterocycles. The van der Waals surface area contributed by atoms with Gasteiger partial charge in [0, 0.05) is 12.6 Å². The van der Waals surface area contributed by atoms with Crippen molar-refractivity contribution in [1.29, 1.82) is 5.26 Å².